The van der Waals surface area contributed by atoms with Crippen molar-refractivity contribution in [3.8, 4) is 0 Å². The Balaban J connectivity index is 1.98. The lowest BCUT2D eigenvalue weighted by Crippen LogP contribution is -2.13. The van der Waals surface area contributed by atoms with Crippen LogP contribution in [-0.2, 0) is 0 Å². The molecule has 1 radical (unpaired) electrons. The van der Waals surface area contributed by atoms with Crippen molar-refractivity contribution >= 4 is 0 Å². The largest absolute Gasteiger partial charge is 0.0836 e. The van der Waals surface area contributed by atoms with E-state index in [4.69, 9.17) is 0 Å². The van der Waals surface area contributed by atoms with Gasteiger partial charge in [-0.1, -0.05) is 36.3 Å². The minimum Gasteiger partial charge on any atom is -0.0836 e. The third kappa shape index (κ3) is 1.62. The van der Waals surface area contributed by atoms with Crippen molar-refractivity contribution in [2.24, 2.45) is 5.92 Å². The van der Waals surface area contributed by atoms with Crippen LogP contribution in [0.15, 0.2) is 41.0 Å². The van der Waals surface area contributed by atoms with E-state index in [1.54, 1.807) is 5.57 Å². The van der Waals surface area contributed by atoms with Crippen LogP contribution in [0.25, 0.3) is 0 Å². The van der Waals surface area contributed by atoms with Crippen LogP contribution in [0.1, 0.15) is 38.5 Å². The molecule has 0 fully saturated rings. The first-order valence-electron chi connectivity index (χ1n) is 6.13. The third-order valence-electron chi connectivity index (χ3n) is 3.79. The highest BCUT2D eigenvalue weighted by Gasteiger charge is 2.24. The molecule has 0 aliphatic heterocycles. The fraction of sp³-hybridized carbons (Fsp3) is 0.467. The Morgan fingerprint density at radius 2 is 2.07 bits per heavy atom. The first-order valence-corrected chi connectivity index (χ1v) is 6.13. The van der Waals surface area contributed by atoms with E-state index in [0.717, 1.165) is 0 Å². The van der Waals surface area contributed by atoms with E-state index in [1.807, 2.05) is 0 Å². The van der Waals surface area contributed by atoms with Gasteiger partial charge in [-0.2, -0.15) is 0 Å². The molecule has 1 unspecified atom stereocenters. The van der Waals surface area contributed by atoms with Crippen molar-refractivity contribution in [3.05, 3.63) is 47.1 Å². The molecule has 0 saturated carbocycles. The second-order valence-corrected chi connectivity index (χ2v) is 4.74. The number of allylic oxidation sites excluding steroid dienone is 8. The normalized spacial score (nSPS) is 29.3. The molecule has 0 heteroatoms. The van der Waals surface area contributed by atoms with Crippen molar-refractivity contribution < 1.29 is 0 Å². The maximum absolute atomic E-state index is 3.51. The summed E-state index contributed by atoms with van der Waals surface area (Å²) in [5.41, 5.74) is 4.72. The standard InChI is InChI=1S/C15H17/c1-2-6-12-10-11-13-7-4-5-9-15(13)14(12)8-3-1/h4-5,7,11,15H,1-3,6,8-9H2. The minimum atomic E-state index is 0.698. The lowest BCUT2D eigenvalue weighted by atomic mass is 9.77. The Kier molecular flexibility index (Phi) is 2.36. The molecule has 0 aromatic rings. The van der Waals surface area contributed by atoms with Crippen LogP contribution in [0.3, 0.4) is 0 Å². The lowest BCUT2D eigenvalue weighted by Gasteiger charge is -2.27. The molecule has 0 spiro atoms. The van der Waals surface area contributed by atoms with Crippen LogP contribution in [-0.4, -0.2) is 0 Å². The van der Waals surface area contributed by atoms with E-state index in [-0.39, 0.29) is 0 Å². The molecule has 0 aromatic carbocycles. The fourth-order valence-electron chi connectivity index (χ4n) is 2.96. The maximum Gasteiger partial charge on any atom is 0.00890 e. The van der Waals surface area contributed by atoms with Gasteiger partial charge in [-0.3, -0.25) is 0 Å². The Bertz CT molecular complexity index is 377. The summed E-state index contributed by atoms with van der Waals surface area (Å²) in [6.45, 7) is 0. The van der Waals surface area contributed by atoms with Crippen LogP contribution in [0.4, 0.5) is 0 Å². The van der Waals surface area contributed by atoms with Crippen molar-refractivity contribution in [2.75, 3.05) is 0 Å². The van der Waals surface area contributed by atoms with Gasteiger partial charge < -0.3 is 0 Å². The Hall–Kier alpha value is -1.04. The monoisotopic (exact) mass is 197 g/mol. The van der Waals surface area contributed by atoms with Crippen LogP contribution in [0.5, 0.6) is 0 Å². The van der Waals surface area contributed by atoms with Gasteiger partial charge in [0.1, 0.15) is 0 Å². The van der Waals surface area contributed by atoms with Gasteiger partial charge in [0.05, 0.1) is 0 Å². The molecule has 0 nitrogen and oxygen atoms in total. The topological polar surface area (TPSA) is 0 Å². The number of hydrogen-bond acceptors (Lipinski definition) is 0. The van der Waals surface area contributed by atoms with Crippen LogP contribution >= 0.6 is 0 Å². The zero-order valence-corrected chi connectivity index (χ0v) is 9.13. The molecule has 0 saturated heterocycles. The second-order valence-electron chi connectivity index (χ2n) is 4.74. The first-order chi connectivity index (χ1) is 7.45. The summed E-state index contributed by atoms with van der Waals surface area (Å²) in [5, 5.41) is 0. The van der Waals surface area contributed by atoms with Gasteiger partial charge in [-0.25, -0.2) is 0 Å². The zero-order chi connectivity index (χ0) is 10.1. The van der Waals surface area contributed by atoms with Gasteiger partial charge in [0, 0.05) is 5.92 Å². The highest BCUT2D eigenvalue weighted by molar-refractivity contribution is 5.44. The van der Waals surface area contributed by atoms with Gasteiger partial charge in [-0.15, -0.1) is 0 Å². The van der Waals surface area contributed by atoms with E-state index >= 15 is 0 Å². The molecular weight excluding hydrogens is 180 g/mol. The molecule has 0 aromatic heterocycles. The summed E-state index contributed by atoms with van der Waals surface area (Å²) < 4.78 is 0. The van der Waals surface area contributed by atoms with Gasteiger partial charge in [0.15, 0.2) is 0 Å². The predicted octanol–water partition coefficient (Wildman–Crippen LogP) is 4.12. The van der Waals surface area contributed by atoms with Gasteiger partial charge in [-0.05, 0) is 49.3 Å². The third-order valence-corrected chi connectivity index (χ3v) is 3.79. The maximum atomic E-state index is 3.51. The fourth-order valence-corrected chi connectivity index (χ4v) is 2.96. The quantitative estimate of drug-likeness (QED) is 0.548. The minimum absolute atomic E-state index is 0.698. The molecule has 3 rings (SSSR count). The molecule has 1 atom stereocenters. The number of fused-ring (bicyclic) bond motifs is 2. The average molecular weight is 197 g/mol. The Morgan fingerprint density at radius 1 is 1.13 bits per heavy atom. The van der Waals surface area contributed by atoms with E-state index in [2.05, 4.69) is 30.4 Å². The average Bonchev–Trinajstić information content (AvgIpc) is 2.54. The number of hydrogen-bond donors (Lipinski definition) is 0. The predicted molar refractivity (Wildman–Crippen MR) is 63.3 cm³/mol. The second kappa shape index (κ2) is 3.84. The number of rotatable bonds is 0. The summed E-state index contributed by atoms with van der Waals surface area (Å²) in [6.07, 6.45) is 20.4. The molecule has 0 heterocycles. The lowest BCUT2D eigenvalue weighted by molar-refractivity contribution is 0.651. The Morgan fingerprint density at radius 3 is 3.07 bits per heavy atom. The molecule has 0 bridgehead atoms. The summed E-state index contributed by atoms with van der Waals surface area (Å²) >= 11 is 0. The molecule has 3 aliphatic rings. The molecule has 15 heavy (non-hydrogen) atoms. The first kappa shape index (κ1) is 9.21. The van der Waals surface area contributed by atoms with E-state index < -0.39 is 0 Å². The van der Waals surface area contributed by atoms with E-state index in [1.165, 1.54) is 49.7 Å². The molecule has 0 N–H and O–H groups in total. The molecule has 0 amide bonds. The van der Waals surface area contributed by atoms with E-state index in [9.17, 15) is 0 Å². The molecule has 77 valence electrons. The SMILES string of the molecule is [C]1=CC2=CC=CCC2C2=C1CCCCC2. The summed E-state index contributed by atoms with van der Waals surface area (Å²) in [7, 11) is 0. The highest BCUT2D eigenvalue weighted by Crippen LogP contribution is 2.39. The van der Waals surface area contributed by atoms with E-state index in [0.29, 0.717) is 5.92 Å². The van der Waals surface area contributed by atoms with Crippen molar-refractivity contribution in [1.82, 2.24) is 0 Å². The zero-order valence-electron chi connectivity index (χ0n) is 9.13. The van der Waals surface area contributed by atoms with Gasteiger partial charge in [0.2, 0.25) is 0 Å². The molecule has 3 aliphatic carbocycles. The highest BCUT2D eigenvalue weighted by atomic mass is 14.3. The van der Waals surface area contributed by atoms with Crippen molar-refractivity contribution in [1.29, 1.82) is 0 Å². The van der Waals surface area contributed by atoms with Crippen molar-refractivity contribution in [3.63, 3.8) is 0 Å². The van der Waals surface area contributed by atoms with Crippen LogP contribution in [0, 0.1) is 12.0 Å². The van der Waals surface area contributed by atoms with Crippen LogP contribution < -0.4 is 0 Å². The van der Waals surface area contributed by atoms with Gasteiger partial charge in [0.25, 0.3) is 0 Å². The summed E-state index contributed by atoms with van der Waals surface area (Å²) in [6, 6.07) is 0. The van der Waals surface area contributed by atoms with Crippen molar-refractivity contribution in [2.45, 2.75) is 38.5 Å². The van der Waals surface area contributed by atoms with Crippen LogP contribution in [0.2, 0.25) is 0 Å². The molecular formula is C15H17. The summed E-state index contributed by atoms with van der Waals surface area (Å²) in [5.74, 6) is 0.698. The summed E-state index contributed by atoms with van der Waals surface area (Å²) in [4.78, 5) is 0. The smallest absolute Gasteiger partial charge is 0.00890 e. The Labute approximate surface area is 92.1 Å². The van der Waals surface area contributed by atoms with Gasteiger partial charge >= 0.3 is 0 Å².